The van der Waals surface area contributed by atoms with Gasteiger partial charge in [-0.05, 0) is 19.6 Å². The van der Waals surface area contributed by atoms with Gasteiger partial charge in [-0.3, -0.25) is 0 Å². The molecule has 0 aromatic rings. The molecule has 2 heteroatoms. The number of rotatable bonds is 4. The minimum Gasteiger partial charge on any atom is -0.391 e. The lowest BCUT2D eigenvalue weighted by Crippen LogP contribution is -2.04. The van der Waals surface area contributed by atoms with Crippen LogP contribution >= 0.6 is 11.8 Å². The van der Waals surface area contributed by atoms with Gasteiger partial charge in [-0.25, -0.2) is 0 Å². The molecule has 0 heterocycles. The summed E-state index contributed by atoms with van der Waals surface area (Å²) >= 11 is 1.84. The lowest BCUT2D eigenvalue weighted by atomic mass is 10.3. The van der Waals surface area contributed by atoms with Gasteiger partial charge in [0.05, 0.1) is 0 Å². The smallest absolute Gasteiger partial charge is 0.0169 e. The highest BCUT2D eigenvalue weighted by molar-refractivity contribution is 8.02. The molecule has 0 rings (SSSR count). The number of nitrogens with one attached hydrogen (secondary N) is 1. The van der Waals surface area contributed by atoms with Crippen molar-refractivity contribution in [3.63, 3.8) is 0 Å². The van der Waals surface area contributed by atoms with E-state index in [1.165, 1.54) is 23.4 Å². The van der Waals surface area contributed by atoms with Gasteiger partial charge in [-0.1, -0.05) is 13.3 Å². The van der Waals surface area contributed by atoms with Crippen LogP contribution in [0.15, 0.2) is 10.6 Å². The Kier molecular flexibility index (Phi) is 5.60. The summed E-state index contributed by atoms with van der Waals surface area (Å²) in [5.41, 5.74) is 1.31. The van der Waals surface area contributed by atoms with Crippen LogP contribution in [0.2, 0.25) is 0 Å². The maximum absolute atomic E-state index is 3.16. The van der Waals surface area contributed by atoms with Crippen molar-refractivity contribution in [2.75, 3.05) is 13.3 Å². The fraction of sp³-hybridized carbons (Fsp3) is 0.750. The summed E-state index contributed by atoms with van der Waals surface area (Å²) in [6.07, 6.45) is 4.56. The van der Waals surface area contributed by atoms with Crippen LogP contribution in [-0.2, 0) is 0 Å². The third kappa shape index (κ3) is 3.16. The van der Waals surface area contributed by atoms with Crippen LogP contribution in [0.5, 0.6) is 0 Å². The molecule has 0 aliphatic carbocycles. The first-order valence-corrected chi connectivity index (χ1v) is 4.90. The molecular formula is C8H17NS. The van der Waals surface area contributed by atoms with Crippen molar-refractivity contribution in [1.29, 1.82) is 0 Å². The Balaban J connectivity index is 4.00. The molecule has 10 heavy (non-hydrogen) atoms. The van der Waals surface area contributed by atoms with E-state index in [0.717, 1.165) is 0 Å². The van der Waals surface area contributed by atoms with Gasteiger partial charge < -0.3 is 5.32 Å². The van der Waals surface area contributed by atoms with E-state index in [-0.39, 0.29) is 0 Å². The Bertz CT molecular complexity index is 118. The third-order valence-electron chi connectivity index (χ3n) is 1.52. The monoisotopic (exact) mass is 159 g/mol. The molecule has 0 saturated heterocycles. The lowest BCUT2D eigenvalue weighted by molar-refractivity contribution is 0.895. The Morgan fingerprint density at radius 3 is 2.40 bits per heavy atom. The van der Waals surface area contributed by atoms with Gasteiger partial charge in [-0.15, -0.1) is 11.8 Å². The van der Waals surface area contributed by atoms with Crippen LogP contribution in [0.4, 0.5) is 0 Å². The van der Waals surface area contributed by atoms with E-state index in [4.69, 9.17) is 0 Å². The minimum absolute atomic E-state index is 1.20. The van der Waals surface area contributed by atoms with Gasteiger partial charge in [0.15, 0.2) is 0 Å². The first kappa shape index (κ1) is 9.89. The maximum atomic E-state index is 3.16. The topological polar surface area (TPSA) is 12.0 Å². The summed E-state index contributed by atoms with van der Waals surface area (Å²) in [5.74, 6) is 0. The van der Waals surface area contributed by atoms with Crippen LogP contribution in [-0.4, -0.2) is 13.3 Å². The van der Waals surface area contributed by atoms with E-state index in [2.05, 4.69) is 25.4 Å². The molecule has 1 N–H and O–H groups in total. The number of allylic oxidation sites excluding steroid dienone is 2. The van der Waals surface area contributed by atoms with Crippen LogP contribution in [0.3, 0.4) is 0 Å². The number of hydrogen-bond acceptors (Lipinski definition) is 2. The zero-order valence-corrected chi connectivity index (χ0v) is 8.14. The summed E-state index contributed by atoms with van der Waals surface area (Å²) in [7, 11) is 1.97. The summed E-state index contributed by atoms with van der Waals surface area (Å²) in [4.78, 5) is 1.48. The van der Waals surface area contributed by atoms with E-state index >= 15 is 0 Å². The van der Waals surface area contributed by atoms with Crippen molar-refractivity contribution in [1.82, 2.24) is 5.32 Å². The molecule has 1 nitrogen and oxygen atoms in total. The summed E-state index contributed by atoms with van der Waals surface area (Å²) in [6.45, 7) is 4.33. The fourth-order valence-electron chi connectivity index (χ4n) is 0.809. The molecule has 0 radical (unpaired) electrons. The van der Waals surface area contributed by atoms with Crippen molar-refractivity contribution in [3.05, 3.63) is 10.6 Å². The fourth-order valence-corrected chi connectivity index (χ4v) is 1.63. The van der Waals surface area contributed by atoms with Gasteiger partial charge >= 0.3 is 0 Å². The Hall–Kier alpha value is -0.110. The molecule has 0 spiro atoms. The van der Waals surface area contributed by atoms with Crippen molar-refractivity contribution in [2.45, 2.75) is 26.7 Å². The second-order valence-electron chi connectivity index (χ2n) is 2.25. The normalized spacial score (nSPS) is 12.8. The van der Waals surface area contributed by atoms with Crippen molar-refractivity contribution in [3.8, 4) is 0 Å². The first-order chi connectivity index (χ1) is 4.76. The van der Waals surface area contributed by atoms with Gasteiger partial charge in [0.1, 0.15) is 0 Å². The predicted molar refractivity (Wildman–Crippen MR) is 50.2 cm³/mol. The average Bonchev–Trinajstić information content (AvgIpc) is 1.99. The molecule has 0 bridgehead atoms. The minimum atomic E-state index is 1.20. The van der Waals surface area contributed by atoms with Gasteiger partial charge in [0.25, 0.3) is 0 Å². The van der Waals surface area contributed by atoms with Crippen molar-refractivity contribution in [2.24, 2.45) is 0 Å². The number of thioether (sulfide) groups is 1. The second kappa shape index (κ2) is 5.66. The van der Waals surface area contributed by atoms with Crippen LogP contribution < -0.4 is 5.32 Å². The van der Waals surface area contributed by atoms with E-state index in [0.29, 0.717) is 0 Å². The van der Waals surface area contributed by atoms with Crippen LogP contribution in [0.25, 0.3) is 0 Å². The summed E-state index contributed by atoms with van der Waals surface area (Å²) in [6, 6.07) is 0. The lowest BCUT2D eigenvalue weighted by Gasteiger charge is -2.07. The molecule has 0 aromatic heterocycles. The first-order valence-electron chi connectivity index (χ1n) is 3.67. The van der Waals surface area contributed by atoms with Crippen LogP contribution in [0, 0.1) is 0 Å². The Labute approximate surface area is 68.3 Å². The predicted octanol–water partition coefficient (Wildman–Crippen LogP) is 2.60. The van der Waals surface area contributed by atoms with Crippen molar-refractivity contribution >= 4 is 11.8 Å². The molecular weight excluding hydrogens is 142 g/mol. The molecule has 0 aliphatic rings. The van der Waals surface area contributed by atoms with Crippen LogP contribution in [0.1, 0.15) is 26.7 Å². The highest BCUT2D eigenvalue weighted by Crippen LogP contribution is 2.20. The van der Waals surface area contributed by atoms with E-state index in [1.807, 2.05) is 18.8 Å². The quantitative estimate of drug-likeness (QED) is 0.676. The third-order valence-corrected chi connectivity index (χ3v) is 2.52. The Morgan fingerprint density at radius 1 is 1.50 bits per heavy atom. The zero-order chi connectivity index (χ0) is 7.98. The van der Waals surface area contributed by atoms with E-state index in [9.17, 15) is 0 Å². The molecule has 0 fully saturated rings. The molecule has 0 amide bonds. The van der Waals surface area contributed by atoms with E-state index in [1.54, 1.807) is 0 Å². The largest absolute Gasteiger partial charge is 0.391 e. The van der Waals surface area contributed by atoms with Gasteiger partial charge in [-0.2, -0.15) is 0 Å². The van der Waals surface area contributed by atoms with Gasteiger partial charge in [0.2, 0.25) is 0 Å². The molecule has 0 unspecified atom stereocenters. The molecule has 0 atom stereocenters. The summed E-state index contributed by atoms with van der Waals surface area (Å²) in [5, 5.41) is 3.16. The van der Waals surface area contributed by atoms with Gasteiger partial charge in [0, 0.05) is 17.6 Å². The molecule has 0 aromatic carbocycles. The zero-order valence-electron chi connectivity index (χ0n) is 7.32. The van der Waals surface area contributed by atoms with Crippen molar-refractivity contribution < 1.29 is 0 Å². The molecule has 0 saturated carbocycles. The molecule has 60 valence electrons. The standard InChI is InChI=1S/C8H17NS/c1-5-6-8(10-4)7(2)9-3/h9H,5-6H2,1-4H3/b8-7-. The summed E-state index contributed by atoms with van der Waals surface area (Å²) < 4.78 is 0. The highest BCUT2D eigenvalue weighted by atomic mass is 32.2. The second-order valence-corrected chi connectivity index (χ2v) is 3.15. The Morgan fingerprint density at radius 2 is 2.10 bits per heavy atom. The SMILES string of the molecule is CCC/C(SC)=C(\C)NC. The average molecular weight is 159 g/mol. The molecule has 0 aliphatic heterocycles. The highest BCUT2D eigenvalue weighted by Gasteiger charge is 1.96. The number of hydrogen-bond donors (Lipinski definition) is 1. The maximum Gasteiger partial charge on any atom is 0.0169 e. The van der Waals surface area contributed by atoms with E-state index < -0.39 is 0 Å².